The van der Waals surface area contributed by atoms with Gasteiger partial charge >= 0.3 is 0 Å². The number of amides is 2. The van der Waals surface area contributed by atoms with Crippen LogP contribution in [0.2, 0.25) is 5.02 Å². The number of hydrogen-bond donors (Lipinski definition) is 1. The highest BCUT2D eigenvalue weighted by atomic mass is 35.5. The van der Waals surface area contributed by atoms with E-state index in [1.54, 1.807) is 37.6 Å². The predicted octanol–water partition coefficient (Wildman–Crippen LogP) is 3.72. The number of nitrogens with zero attached hydrogens (tertiary/aromatic N) is 2. The summed E-state index contributed by atoms with van der Waals surface area (Å²) in [5, 5.41) is 3.33. The first-order valence-corrected chi connectivity index (χ1v) is 9.28. The van der Waals surface area contributed by atoms with Crippen molar-refractivity contribution in [2.75, 3.05) is 11.9 Å². The Morgan fingerprint density at radius 1 is 1.00 bits per heavy atom. The van der Waals surface area contributed by atoms with Crippen molar-refractivity contribution in [2.24, 2.45) is 0 Å². The second-order valence-electron chi connectivity index (χ2n) is 6.72. The number of carbonyl (C=O) groups is 2. The molecule has 2 amide bonds. The van der Waals surface area contributed by atoms with E-state index >= 15 is 0 Å². The minimum absolute atomic E-state index is 0.174. The summed E-state index contributed by atoms with van der Waals surface area (Å²) >= 11 is 6.05. The van der Waals surface area contributed by atoms with Gasteiger partial charge in [0.25, 0.3) is 5.91 Å². The van der Waals surface area contributed by atoms with Crippen molar-refractivity contribution < 1.29 is 9.59 Å². The highest BCUT2D eigenvalue weighted by Gasteiger charge is 2.31. The number of aromatic nitrogens is 1. The standard InChI is InChI=1S/C22H18ClN3O2/c1-26-20-13-17(23)6-7-18(20)21(27)25-19(22(26)28)12-14-2-4-15(5-3-14)16-8-10-24-11-9-16/h2-11,13,19H,12H2,1H3,(H,25,27)/t19-/m0/s1. The normalized spacial score (nSPS) is 16.4. The Balaban J connectivity index is 1.57. The molecule has 1 N–H and O–H groups in total. The summed E-state index contributed by atoms with van der Waals surface area (Å²) in [5.74, 6) is -0.449. The number of hydrogen-bond acceptors (Lipinski definition) is 3. The van der Waals surface area contributed by atoms with Crippen LogP contribution in [0.3, 0.4) is 0 Å². The average molecular weight is 392 g/mol. The molecule has 4 rings (SSSR count). The largest absolute Gasteiger partial charge is 0.340 e. The molecule has 0 fully saturated rings. The van der Waals surface area contributed by atoms with E-state index in [0.717, 1.165) is 16.7 Å². The van der Waals surface area contributed by atoms with Crippen LogP contribution in [0, 0.1) is 0 Å². The molecule has 6 heteroatoms. The van der Waals surface area contributed by atoms with Crippen molar-refractivity contribution in [3.8, 4) is 11.1 Å². The molecule has 1 atom stereocenters. The summed E-state index contributed by atoms with van der Waals surface area (Å²) < 4.78 is 0. The summed E-state index contributed by atoms with van der Waals surface area (Å²) in [6, 6.07) is 16.1. The van der Waals surface area contributed by atoms with Crippen LogP contribution in [-0.4, -0.2) is 29.9 Å². The van der Waals surface area contributed by atoms with Gasteiger partial charge in [0.15, 0.2) is 0 Å². The summed E-state index contributed by atoms with van der Waals surface area (Å²) in [6.45, 7) is 0. The van der Waals surface area contributed by atoms with Crippen molar-refractivity contribution in [2.45, 2.75) is 12.5 Å². The van der Waals surface area contributed by atoms with Crippen molar-refractivity contribution in [3.05, 3.63) is 83.1 Å². The lowest BCUT2D eigenvalue weighted by molar-refractivity contribution is -0.120. The molecule has 2 heterocycles. The minimum atomic E-state index is -0.643. The van der Waals surface area contributed by atoms with Gasteiger partial charge in [-0.25, -0.2) is 0 Å². The van der Waals surface area contributed by atoms with E-state index in [4.69, 9.17) is 11.6 Å². The molecule has 0 radical (unpaired) electrons. The Hall–Kier alpha value is -3.18. The number of fused-ring (bicyclic) bond motifs is 1. The molecule has 0 spiro atoms. The fourth-order valence-corrected chi connectivity index (χ4v) is 3.54. The van der Waals surface area contributed by atoms with Crippen LogP contribution in [0.25, 0.3) is 11.1 Å². The van der Waals surface area contributed by atoms with Crippen molar-refractivity contribution >= 4 is 29.1 Å². The molecule has 28 heavy (non-hydrogen) atoms. The van der Waals surface area contributed by atoms with Gasteiger partial charge in [-0.15, -0.1) is 0 Å². The number of nitrogens with one attached hydrogen (secondary N) is 1. The van der Waals surface area contributed by atoms with E-state index in [9.17, 15) is 9.59 Å². The van der Waals surface area contributed by atoms with Gasteiger partial charge in [0.1, 0.15) is 6.04 Å². The molecule has 140 valence electrons. The summed E-state index contributed by atoms with van der Waals surface area (Å²) in [4.78, 5) is 31.1. The van der Waals surface area contributed by atoms with Gasteiger partial charge in [-0.2, -0.15) is 0 Å². The molecule has 3 aromatic rings. The number of pyridine rings is 1. The maximum Gasteiger partial charge on any atom is 0.254 e. The molecule has 1 aromatic heterocycles. The number of carbonyl (C=O) groups excluding carboxylic acids is 2. The maximum atomic E-state index is 12.9. The van der Waals surface area contributed by atoms with Gasteiger partial charge in [-0.1, -0.05) is 35.9 Å². The molecule has 5 nitrogen and oxygen atoms in total. The molecule has 0 unspecified atom stereocenters. The Bertz CT molecular complexity index is 1040. The molecular weight excluding hydrogens is 374 g/mol. The van der Waals surface area contributed by atoms with Gasteiger partial charge in [0.2, 0.25) is 5.91 Å². The second-order valence-corrected chi connectivity index (χ2v) is 7.16. The quantitative estimate of drug-likeness (QED) is 0.740. The topological polar surface area (TPSA) is 62.3 Å². The second kappa shape index (κ2) is 7.44. The molecule has 1 aliphatic heterocycles. The highest BCUT2D eigenvalue weighted by Crippen LogP contribution is 2.27. The molecular formula is C22H18ClN3O2. The van der Waals surface area contributed by atoms with Crippen molar-refractivity contribution in [3.63, 3.8) is 0 Å². The Morgan fingerprint density at radius 2 is 1.68 bits per heavy atom. The van der Waals surface area contributed by atoms with Gasteiger partial charge in [-0.05, 0) is 47.0 Å². The fraction of sp³-hybridized carbons (Fsp3) is 0.136. The third-order valence-electron chi connectivity index (χ3n) is 4.91. The van der Waals surface area contributed by atoms with E-state index < -0.39 is 6.04 Å². The number of halogens is 1. The van der Waals surface area contributed by atoms with E-state index in [1.165, 1.54) is 4.90 Å². The van der Waals surface area contributed by atoms with Crippen LogP contribution in [-0.2, 0) is 11.2 Å². The van der Waals surface area contributed by atoms with Gasteiger partial charge in [-0.3, -0.25) is 14.6 Å². The fourth-order valence-electron chi connectivity index (χ4n) is 3.38. The molecule has 2 aromatic carbocycles. The smallest absolute Gasteiger partial charge is 0.254 e. The number of anilines is 1. The monoisotopic (exact) mass is 391 g/mol. The van der Waals surface area contributed by atoms with E-state index in [-0.39, 0.29) is 11.8 Å². The molecule has 0 aliphatic carbocycles. The predicted molar refractivity (Wildman–Crippen MR) is 109 cm³/mol. The highest BCUT2D eigenvalue weighted by molar-refractivity contribution is 6.31. The van der Waals surface area contributed by atoms with E-state index in [1.807, 2.05) is 36.4 Å². The molecule has 0 bridgehead atoms. The van der Waals surface area contributed by atoms with Crippen LogP contribution >= 0.6 is 11.6 Å². The molecule has 1 aliphatic rings. The third kappa shape index (κ3) is 3.49. The Morgan fingerprint density at radius 3 is 2.39 bits per heavy atom. The van der Waals surface area contributed by atoms with Crippen LogP contribution < -0.4 is 10.2 Å². The number of rotatable bonds is 3. The first kappa shape index (κ1) is 18.2. The van der Waals surface area contributed by atoms with Crippen LogP contribution in [0.5, 0.6) is 0 Å². The lowest BCUT2D eigenvalue weighted by Gasteiger charge is -2.21. The van der Waals surface area contributed by atoms with Gasteiger partial charge < -0.3 is 10.2 Å². The zero-order valence-electron chi connectivity index (χ0n) is 15.2. The third-order valence-corrected chi connectivity index (χ3v) is 5.14. The molecule has 0 saturated heterocycles. The Kier molecular flexibility index (Phi) is 4.84. The summed E-state index contributed by atoms with van der Waals surface area (Å²) in [7, 11) is 1.66. The number of likely N-dealkylation sites (N-methyl/N-ethyl adjacent to an activating group) is 1. The average Bonchev–Trinajstić information content (AvgIpc) is 2.80. The molecule has 0 saturated carbocycles. The van der Waals surface area contributed by atoms with Crippen molar-refractivity contribution in [1.29, 1.82) is 0 Å². The van der Waals surface area contributed by atoms with Crippen molar-refractivity contribution in [1.82, 2.24) is 10.3 Å². The van der Waals surface area contributed by atoms with Crippen LogP contribution in [0.4, 0.5) is 5.69 Å². The Labute approximate surface area is 168 Å². The zero-order valence-corrected chi connectivity index (χ0v) is 16.0. The lowest BCUT2D eigenvalue weighted by atomic mass is 10.0. The maximum absolute atomic E-state index is 12.9. The lowest BCUT2D eigenvalue weighted by Crippen LogP contribution is -2.45. The SMILES string of the molecule is CN1C(=O)[C@H](Cc2ccc(-c3ccncc3)cc2)NC(=O)c2ccc(Cl)cc21. The van der Waals surface area contributed by atoms with Gasteiger partial charge in [0.05, 0.1) is 11.3 Å². The minimum Gasteiger partial charge on any atom is -0.340 e. The van der Waals surface area contributed by atoms with E-state index in [0.29, 0.717) is 22.7 Å². The van der Waals surface area contributed by atoms with E-state index in [2.05, 4.69) is 10.3 Å². The summed E-state index contributed by atoms with van der Waals surface area (Å²) in [6.07, 6.45) is 3.92. The zero-order chi connectivity index (χ0) is 19.7. The van der Waals surface area contributed by atoms with Crippen LogP contribution in [0.15, 0.2) is 67.0 Å². The van der Waals surface area contributed by atoms with Crippen LogP contribution in [0.1, 0.15) is 15.9 Å². The summed E-state index contributed by atoms with van der Waals surface area (Å²) in [5.41, 5.74) is 4.07. The van der Waals surface area contributed by atoms with Gasteiger partial charge in [0, 0.05) is 30.9 Å². The first-order chi connectivity index (χ1) is 13.5. The first-order valence-electron chi connectivity index (χ1n) is 8.90. The number of benzene rings is 2.